The Morgan fingerprint density at radius 2 is 1.26 bits per heavy atom. The number of unbranched alkanes of at least 4 members (excludes halogenated alkanes) is 11. The zero-order valence-electron chi connectivity index (χ0n) is 17.4. The molecule has 162 valence electrons. The van der Waals surface area contributed by atoms with Gasteiger partial charge in [-0.1, -0.05) is 84.0 Å². The van der Waals surface area contributed by atoms with Crippen LogP contribution in [0.1, 0.15) is 97.3 Å². The molecule has 0 heterocycles. The average molecular weight is 390 g/mol. The van der Waals surface area contributed by atoms with Gasteiger partial charge in [0, 0.05) is 0 Å². The maximum absolute atomic E-state index is 11.4. The molecule has 0 aliphatic carbocycles. The van der Waals surface area contributed by atoms with E-state index in [-0.39, 0.29) is 0 Å². The van der Waals surface area contributed by atoms with Gasteiger partial charge in [-0.25, -0.2) is 0 Å². The minimum absolute atomic E-state index is 0.430. The molecule has 0 aromatic carbocycles. The summed E-state index contributed by atoms with van der Waals surface area (Å²) in [6, 6.07) is -0.973. The molecule has 0 saturated heterocycles. The van der Waals surface area contributed by atoms with Gasteiger partial charge >= 0.3 is 0 Å². The second kappa shape index (κ2) is 17.4. The number of amides is 1. The summed E-state index contributed by atoms with van der Waals surface area (Å²) in [5, 5.41) is 40.9. The minimum Gasteiger partial charge on any atom is -0.394 e. The van der Waals surface area contributed by atoms with E-state index < -0.39 is 36.9 Å². The number of hydrogen-bond donors (Lipinski definition) is 5. The molecule has 0 spiro atoms. The van der Waals surface area contributed by atoms with Crippen molar-refractivity contribution in [2.24, 2.45) is 0 Å². The van der Waals surface area contributed by atoms with Gasteiger partial charge in [0.25, 0.3) is 0 Å². The number of carbonyl (C=O) groups excluding carboxylic acids is 1. The molecule has 0 aliphatic heterocycles. The molecule has 1 amide bonds. The highest BCUT2D eigenvalue weighted by molar-refractivity contribution is 5.80. The third kappa shape index (κ3) is 14.0. The second-order valence-electron chi connectivity index (χ2n) is 7.71. The van der Waals surface area contributed by atoms with Gasteiger partial charge in [-0.05, 0) is 13.3 Å². The molecule has 0 fully saturated rings. The van der Waals surface area contributed by atoms with Gasteiger partial charge in [-0.3, -0.25) is 4.79 Å². The van der Waals surface area contributed by atoms with E-state index in [1.807, 2.05) is 0 Å². The molecule has 1 unspecified atom stereocenters. The molecule has 0 aromatic rings. The maximum Gasteiger partial charge on any atom is 0.248 e. The highest BCUT2D eigenvalue weighted by Crippen LogP contribution is 2.14. The summed E-state index contributed by atoms with van der Waals surface area (Å²) < 4.78 is 0. The van der Waals surface area contributed by atoms with Crippen LogP contribution in [0.2, 0.25) is 0 Å². The van der Waals surface area contributed by atoms with Crippen LogP contribution in [0.25, 0.3) is 0 Å². The van der Waals surface area contributed by atoms with Crippen LogP contribution in [0.5, 0.6) is 0 Å². The van der Waals surface area contributed by atoms with Gasteiger partial charge in [0.2, 0.25) is 5.91 Å². The van der Waals surface area contributed by atoms with Gasteiger partial charge in [0.1, 0.15) is 12.2 Å². The van der Waals surface area contributed by atoms with E-state index in [4.69, 9.17) is 0 Å². The van der Waals surface area contributed by atoms with Crippen LogP contribution in [-0.4, -0.2) is 57.3 Å². The predicted octanol–water partition coefficient (Wildman–Crippen LogP) is 2.66. The van der Waals surface area contributed by atoms with Crippen LogP contribution in [-0.2, 0) is 4.79 Å². The molecule has 0 radical (unpaired) electrons. The predicted molar refractivity (Wildman–Crippen MR) is 108 cm³/mol. The van der Waals surface area contributed by atoms with E-state index in [0.29, 0.717) is 6.42 Å². The summed E-state index contributed by atoms with van der Waals surface area (Å²) >= 11 is 0. The zero-order valence-corrected chi connectivity index (χ0v) is 17.4. The summed E-state index contributed by atoms with van der Waals surface area (Å²) in [6.07, 6.45) is 11.7. The first-order chi connectivity index (χ1) is 12.9. The summed E-state index contributed by atoms with van der Waals surface area (Å²) in [4.78, 5) is 11.4. The molecule has 27 heavy (non-hydrogen) atoms. The molecule has 0 aromatic heterocycles. The van der Waals surface area contributed by atoms with Crippen LogP contribution in [0.3, 0.4) is 0 Å². The van der Waals surface area contributed by atoms with Crippen molar-refractivity contribution in [1.82, 2.24) is 5.32 Å². The van der Waals surface area contributed by atoms with Crippen molar-refractivity contribution in [2.45, 2.75) is 122 Å². The largest absolute Gasteiger partial charge is 0.394 e. The Balaban J connectivity index is 3.68. The number of rotatable bonds is 18. The van der Waals surface area contributed by atoms with E-state index in [0.717, 1.165) is 19.3 Å². The van der Waals surface area contributed by atoms with Crippen molar-refractivity contribution >= 4 is 5.91 Å². The van der Waals surface area contributed by atoms with E-state index >= 15 is 0 Å². The normalized spacial score (nSPS) is 15.9. The third-order valence-corrected chi connectivity index (χ3v) is 5.06. The summed E-state index contributed by atoms with van der Waals surface area (Å²) in [6.45, 7) is 3.05. The molecule has 0 rings (SSSR count). The molecular formula is C21H43NO5. The van der Waals surface area contributed by atoms with E-state index in [9.17, 15) is 25.2 Å². The molecule has 0 saturated carbocycles. The molecule has 0 aliphatic rings. The minimum atomic E-state index is -1.24. The van der Waals surface area contributed by atoms with Crippen molar-refractivity contribution in [3.8, 4) is 0 Å². The van der Waals surface area contributed by atoms with Gasteiger partial charge < -0.3 is 25.7 Å². The van der Waals surface area contributed by atoms with Crippen LogP contribution in [0.4, 0.5) is 0 Å². The highest BCUT2D eigenvalue weighted by atomic mass is 16.3. The summed E-state index contributed by atoms with van der Waals surface area (Å²) in [7, 11) is 0. The maximum atomic E-state index is 11.4. The molecular weight excluding hydrogens is 346 g/mol. The first kappa shape index (κ1) is 26.3. The Hall–Kier alpha value is -0.690. The van der Waals surface area contributed by atoms with Gasteiger partial charge in [-0.2, -0.15) is 0 Å². The number of nitrogens with one attached hydrogen (secondary N) is 1. The number of aliphatic hydroxyl groups is 4. The summed E-state index contributed by atoms with van der Waals surface area (Å²) in [5.74, 6) is -0.675. The second-order valence-corrected chi connectivity index (χ2v) is 7.71. The van der Waals surface area contributed by atoms with Crippen LogP contribution >= 0.6 is 0 Å². The third-order valence-electron chi connectivity index (χ3n) is 5.06. The van der Waals surface area contributed by atoms with Crippen molar-refractivity contribution in [1.29, 1.82) is 0 Å². The van der Waals surface area contributed by atoms with Crippen LogP contribution in [0, 0.1) is 0 Å². The fourth-order valence-corrected chi connectivity index (χ4v) is 3.18. The lowest BCUT2D eigenvalue weighted by Gasteiger charge is -2.26. The van der Waals surface area contributed by atoms with E-state index in [2.05, 4.69) is 12.2 Å². The van der Waals surface area contributed by atoms with Crippen molar-refractivity contribution < 1.29 is 25.2 Å². The van der Waals surface area contributed by atoms with Gasteiger partial charge in [0.05, 0.1) is 18.8 Å². The van der Waals surface area contributed by atoms with Crippen LogP contribution in [0.15, 0.2) is 0 Å². The van der Waals surface area contributed by atoms with Gasteiger partial charge in [0.15, 0.2) is 0 Å². The van der Waals surface area contributed by atoms with Crippen molar-refractivity contribution in [3.05, 3.63) is 0 Å². The first-order valence-electron chi connectivity index (χ1n) is 10.9. The highest BCUT2D eigenvalue weighted by Gasteiger charge is 2.27. The smallest absolute Gasteiger partial charge is 0.248 e. The van der Waals surface area contributed by atoms with Crippen molar-refractivity contribution in [2.75, 3.05) is 6.61 Å². The molecule has 6 heteroatoms. The molecule has 0 bridgehead atoms. The lowest BCUT2D eigenvalue weighted by molar-refractivity contribution is -0.131. The summed E-state index contributed by atoms with van der Waals surface area (Å²) in [5.41, 5.74) is 0. The molecule has 6 nitrogen and oxygen atoms in total. The van der Waals surface area contributed by atoms with Crippen LogP contribution < -0.4 is 5.32 Å². The lowest BCUT2D eigenvalue weighted by atomic mass is 9.99. The Bertz CT molecular complexity index is 351. The van der Waals surface area contributed by atoms with Gasteiger partial charge in [-0.15, -0.1) is 0 Å². The Morgan fingerprint density at radius 1 is 0.815 bits per heavy atom. The zero-order chi connectivity index (χ0) is 20.5. The fourth-order valence-electron chi connectivity index (χ4n) is 3.18. The first-order valence-corrected chi connectivity index (χ1v) is 10.9. The number of hydrogen-bond acceptors (Lipinski definition) is 5. The number of carbonyl (C=O) groups is 1. The van der Waals surface area contributed by atoms with Crippen molar-refractivity contribution in [3.63, 3.8) is 0 Å². The van der Waals surface area contributed by atoms with E-state index in [1.54, 1.807) is 0 Å². The monoisotopic (exact) mass is 389 g/mol. The topological polar surface area (TPSA) is 110 Å². The molecule has 4 atom stereocenters. The molecule has 5 N–H and O–H groups in total. The quantitative estimate of drug-likeness (QED) is 0.232. The Morgan fingerprint density at radius 3 is 1.67 bits per heavy atom. The Kier molecular flexibility index (Phi) is 17.0. The van der Waals surface area contributed by atoms with E-state index in [1.165, 1.54) is 64.7 Å². The lowest BCUT2D eigenvalue weighted by Crippen LogP contribution is -2.52. The average Bonchev–Trinajstić information content (AvgIpc) is 2.65. The standard InChI is InChI=1S/C21H43NO5/c1-3-4-5-6-7-8-9-10-11-12-13-14-15-19(25)20(26)18(16-23)22-21(27)17(2)24/h17-20,23-26H,3-16H2,1-2H3,(H,22,27)/t17?,18-,19+,20-/m0/s1. The number of aliphatic hydroxyl groups excluding tert-OH is 4. The Labute approximate surface area is 165 Å². The SMILES string of the molecule is CCCCCCCCCCCCCC[C@@H](O)[C@@H](O)[C@H](CO)NC(=O)C(C)O. The fraction of sp³-hybridized carbons (Fsp3) is 0.952.